The summed E-state index contributed by atoms with van der Waals surface area (Å²) in [5, 5.41) is 0. The molecule has 3 heterocycles. The Hall–Kier alpha value is -3.17. The second-order valence-electron chi connectivity index (χ2n) is 8.09. The van der Waals surface area contributed by atoms with E-state index < -0.39 is 22.6 Å². The van der Waals surface area contributed by atoms with Gasteiger partial charge >= 0.3 is 5.97 Å². The van der Waals surface area contributed by atoms with Gasteiger partial charge in [0.25, 0.3) is 0 Å². The minimum Gasteiger partial charge on any atom is -0.467 e. The summed E-state index contributed by atoms with van der Waals surface area (Å²) in [7, 11) is -3.55. The summed E-state index contributed by atoms with van der Waals surface area (Å²) in [6.45, 7) is 4.86. The average Bonchev–Trinajstić information content (AvgIpc) is 3.57. The lowest BCUT2D eigenvalue weighted by molar-refractivity contribution is 0.0474. The number of esters is 1. The minimum absolute atomic E-state index is 0.140. The van der Waals surface area contributed by atoms with Crippen molar-refractivity contribution in [2.24, 2.45) is 0 Å². The third kappa shape index (κ3) is 4.79. The van der Waals surface area contributed by atoms with Gasteiger partial charge in [-0.1, -0.05) is 0 Å². The molecule has 0 amide bonds. The van der Waals surface area contributed by atoms with Gasteiger partial charge < -0.3 is 13.7 Å². The molecule has 0 radical (unpaired) electrons. The van der Waals surface area contributed by atoms with Crippen molar-refractivity contribution in [3.05, 3.63) is 77.0 Å². The number of hydrogen-bond acceptors (Lipinski definition) is 6. The van der Waals surface area contributed by atoms with Crippen LogP contribution in [0.4, 0.5) is 0 Å². The minimum atomic E-state index is -3.55. The van der Waals surface area contributed by atoms with Crippen LogP contribution in [-0.4, -0.2) is 48.7 Å². The van der Waals surface area contributed by atoms with Gasteiger partial charge in [-0.3, -0.25) is 4.79 Å². The number of Topliss-reactive ketones (excluding diaryl/α,β-unsaturated/α-hetero) is 1. The first kappa shape index (κ1) is 23.0. The van der Waals surface area contributed by atoms with Gasteiger partial charge in [-0.25, -0.2) is 13.2 Å². The number of carbonyl (C=O) groups excluding carboxylic acids is 2. The molecule has 8 nitrogen and oxygen atoms in total. The van der Waals surface area contributed by atoms with Gasteiger partial charge in [0.15, 0.2) is 6.61 Å². The van der Waals surface area contributed by atoms with E-state index in [1.807, 2.05) is 30.5 Å². The van der Waals surface area contributed by atoms with Crippen LogP contribution in [-0.2, 0) is 21.3 Å². The smallest absolute Gasteiger partial charge is 0.338 e. The Morgan fingerprint density at radius 2 is 1.76 bits per heavy atom. The highest BCUT2D eigenvalue weighted by molar-refractivity contribution is 7.89. The normalized spacial score (nSPS) is 14.5. The monoisotopic (exact) mass is 470 g/mol. The quantitative estimate of drug-likeness (QED) is 0.369. The van der Waals surface area contributed by atoms with Crippen molar-refractivity contribution in [3.8, 4) is 0 Å². The number of benzene rings is 1. The number of aromatic nitrogens is 1. The van der Waals surface area contributed by atoms with E-state index in [0.29, 0.717) is 25.2 Å². The molecule has 174 valence electrons. The number of furan rings is 1. The van der Waals surface area contributed by atoms with Gasteiger partial charge in [-0.2, -0.15) is 4.31 Å². The summed E-state index contributed by atoms with van der Waals surface area (Å²) in [6.07, 6.45) is 3.30. The number of ketones is 1. The molecular formula is C24H26N2O6S. The molecule has 1 aliphatic rings. The molecule has 0 aliphatic carbocycles. The molecule has 2 aromatic heterocycles. The summed E-state index contributed by atoms with van der Waals surface area (Å²) in [5.74, 6) is -0.217. The van der Waals surface area contributed by atoms with E-state index in [-0.39, 0.29) is 16.2 Å². The molecule has 0 unspecified atom stereocenters. The maximum atomic E-state index is 12.7. The van der Waals surface area contributed by atoms with Gasteiger partial charge in [0.1, 0.15) is 5.76 Å². The average molecular weight is 471 g/mol. The van der Waals surface area contributed by atoms with Gasteiger partial charge in [0.05, 0.1) is 23.3 Å². The molecule has 33 heavy (non-hydrogen) atoms. The fourth-order valence-electron chi connectivity index (χ4n) is 4.02. The van der Waals surface area contributed by atoms with E-state index in [9.17, 15) is 18.0 Å². The number of ether oxygens (including phenoxy) is 1. The van der Waals surface area contributed by atoms with Crippen LogP contribution < -0.4 is 0 Å². The number of sulfonamides is 1. The van der Waals surface area contributed by atoms with Crippen LogP contribution in [0.15, 0.2) is 58.0 Å². The van der Waals surface area contributed by atoms with Crippen molar-refractivity contribution in [2.45, 2.75) is 38.1 Å². The molecule has 1 aliphatic heterocycles. The fraction of sp³-hybridized carbons (Fsp3) is 0.333. The van der Waals surface area contributed by atoms with E-state index in [4.69, 9.17) is 9.15 Å². The van der Waals surface area contributed by atoms with Crippen molar-refractivity contribution < 1.29 is 27.2 Å². The Bertz CT molecular complexity index is 1250. The Kier molecular flexibility index (Phi) is 6.53. The Morgan fingerprint density at radius 3 is 2.39 bits per heavy atom. The van der Waals surface area contributed by atoms with Crippen molar-refractivity contribution in [1.29, 1.82) is 0 Å². The largest absolute Gasteiger partial charge is 0.467 e. The molecule has 4 rings (SSSR count). The van der Waals surface area contributed by atoms with Crippen LogP contribution in [0.3, 0.4) is 0 Å². The maximum Gasteiger partial charge on any atom is 0.338 e. The molecule has 1 aromatic carbocycles. The van der Waals surface area contributed by atoms with Gasteiger partial charge in [0, 0.05) is 30.0 Å². The van der Waals surface area contributed by atoms with E-state index in [0.717, 1.165) is 30.0 Å². The lowest BCUT2D eigenvalue weighted by atomic mass is 10.1. The second-order valence-corrected chi connectivity index (χ2v) is 10.0. The first-order valence-electron chi connectivity index (χ1n) is 10.8. The van der Waals surface area contributed by atoms with Gasteiger partial charge in [0.2, 0.25) is 15.8 Å². The van der Waals surface area contributed by atoms with Crippen LogP contribution in [0.5, 0.6) is 0 Å². The molecule has 0 saturated carbocycles. The molecule has 1 saturated heterocycles. The molecule has 0 N–H and O–H groups in total. The van der Waals surface area contributed by atoms with Crippen LogP contribution in [0.1, 0.15) is 50.7 Å². The second kappa shape index (κ2) is 9.36. The molecule has 9 heteroatoms. The summed E-state index contributed by atoms with van der Waals surface area (Å²) in [5.41, 5.74) is 2.33. The molecule has 0 atom stereocenters. The number of aryl methyl sites for hydroxylation is 1. The fourth-order valence-corrected chi connectivity index (χ4v) is 5.53. The summed E-state index contributed by atoms with van der Waals surface area (Å²) < 4.78 is 39.2. The van der Waals surface area contributed by atoms with Crippen molar-refractivity contribution in [3.63, 3.8) is 0 Å². The molecular weight excluding hydrogens is 444 g/mol. The Morgan fingerprint density at radius 1 is 1.06 bits per heavy atom. The zero-order valence-electron chi connectivity index (χ0n) is 18.6. The summed E-state index contributed by atoms with van der Waals surface area (Å²) in [6, 6.07) is 11.1. The Balaban J connectivity index is 1.39. The summed E-state index contributed by atoms with van der Waals surface area (Å²) in [4.78, 5) is 25.3. The topological polar surface area (TPSA) is 98.8 Å². The third-order valence-corrected chi connectivity index (χ3v) is 7.81. The van der Waals surface area contributed by atoms with Crippen molar-refractivity contribution >= 4 is 21.8 Å². The molecule has 3 aromatic rings. The van der Waals surface area contributed by atoms with E-state index >= 15 is 0 Å². The molecule has 0 bridgehead atoms. The van der Waals surface area contributed by atoms with E-state index in [1.165, 1.54) is 28.6 Å². The standard InChI is InChI=1S/C24H26N2O6S/c1-17-14-22(18(2)26(17)15-20-6-5-13-31-20)23(27)16-32-24(28)19-7-9-21(10-8-19)33(29,30)25-11-3-4-12-25/h5-10,13-14H,3-4,11-12,15-16H2,1-2H3. The number of hydrogen-bond donors (Lipinski definition) is 0. The van der Waals surface area contributed by atoms with E-state index in [2.05, 4.69) is 0 Å². The highest BCUT2D eigenvalue weighted by Crippen LogP contribution is 2.22. The predicted molar refractivity (Wildman–Crippen MR) is 121 cm³/mol. The van der Waals surface area contributed by atoms with Crippen molar-refractivity contribution in [1.82, 2.24) is 8.87 Å². The zero-order valence-corrected chi connectivity index (χ0v) is 19.4. The number of nitrogens with zero attached hydrogens (tertiary/aromatic N) is 2. The predicted octanol–water partition coefficient (Wildman–Crippen LogP) is 3.57. The van der Waals surface area contributed by atoms with Crippen LogP contribution in [0.2, 0.25) is 0 Å². The van der Waals surface area contributed by atoms with Gasteiger partial charge in [-0.15, -0.1) is 0 Å². The van der Waals surface area contributed by atoms with Gasteiger partial charge in [-0.05, 0) is 69.2 Å². The van der Waals surface area contributed by atoms with Crippen molar-refractivity contribution in [2.75, 3.05) is 19.7 Å². The Labute approximate surface area is 192 Å². The highest BCUT2D eigenvalue weighted by atomic mass is 32.2. The van der Waals surface area contributed by atoms with Crippen LogP contribution in [0, 0.1) is 13.8 Å². The maximum absolute atomic E-state index is 12.7. The molecule has 0 spiro atoms. The first-order valence-corrected chi connectivity index (χ1v) is 12.2. The summed E-state index contributed by atoms with van der Waals surface area (Å²) >= 11 is 0. The third-order valence-electron chi connectivity index (χ3n) is 5.90. The lowest BCUT2D eigenvalue weighted by Gasteiger charge is -2.15. The van der Waals surface area contributed by atoms with E-state index in [1.54, 1.807) is 12.3 Å². The number of rotatable bonds is 8. The SMILES string of the molecule is Cc1cc(C(=O)COC(=O)c2ccc(S(=O)(=O)N3CCCC3)cc2)c(C)n1Cc1ccco1. The van der Waals surface area contributed by atoms with Crippen LogP contribution in [0.25, 0.3) is 0 Å². The number of carbonyl (C=O) groups is 2. The zero-order chi connectivity index (χ0) is 23.6. The lowest BCUT2D eigenvalue weighted by Crippen LogP contribution is -2.27. The highest BCUT2D eigenvalue weighted by Gasteiger charge is 2.27. The molecule has 1 fully saturated rings. The first-order chi connectivity index (χ1) is 15.8. The van der Waals surface area contributed by atoms with Crippen LogP contribution >= 0.6 is 0 Å².